The molecule has 0 amide bonds. The number of aliphatic hydroxyl groups is 5. The van der Waals surface area contributed by atoms with Crippen LogP contribution >= 0.6 is 0 Å². The lowest BCUT2D eigenvalue weighted by molar-refractivity contribution is -0.266. The van der Waals surface area contributed by atoms with Gasteiger partial charge >= 0.3 is 0 Å². The fraction of sp³-hybridized carbons (Fsp3) is 0.867. The summed E-state index contributed by atoms with van der Waals surface area (Å²) >= 11 is 0. The highest BCUT2D eigenvalue weighted by molar-refractivity contribution is 5.21. The van der Waals surface area contributed by atoms with E-state index in [1.165, 1.54) is 7.11 Å². The quantitative estimate of drug-likeness (QED) is 0.254. The molecule has 9 unspecified atom stereocenters. The fourth-order valence-corrected chi connectivity index (χ4v) is 3.28. The Labute approximate surface area is 140 Å². The minimum absolute atomic E-state index is 0.0552. The van der Waals surface area contributed by atoms with Gasteiger partial charge in [-0.3, -0.25) is 0 Å². The third-order valence-corrected chi connectivity index (χ3v) is 4.78. The smallest absolute Gasteiger partial charge is 0.186 e. The van der Waals surface area contributed by atoms with Gasteiger partial charge in [0.2, 0.25) is 0 Å². The van der Waals surface area contributed by atoms with Crippen LogP contribution in [0.3, 0.4) is 0 Å². The standard InChI is InChI=1S/C15H28N2O7/c1-3-6-4-7(11(19)13(21)10(6)18)17-9-8(5-16)24-15(23-2)14(22)12(9)20/h4,7-15,17-22H,3,5,16H2,1-2H3. The summed E-state index contributed by atoms with van der Waals surface area (Å²) in [5.41, 5.74) is 6.26. The van der Waals surface area contributed by atoms with Crippen LogP contribution in [0.2, 0.25) is 0 Å². The summed E-state index contributed by atoms with van der Waals surface area (Å²) in [7, 11) is 1.35. The number of ether oxygens (including phenoxy) is 2. The zero-order valence-corrected chi connectivity index (χ0v) is 13.8. The van der Waals surface area contributed by atoms with E-state index in [1.54, 1.807) is 6.08 Å². The molecule has 0 spiro atoms. The lowest BCUT2D eigenvalue weighted by atomic mass is 9.85. The maximum Gasteiger partial charge on any atom is 0.186 e. The predicted molar refractivity (Wildman–Crippen MR) is 83.8 cm³/mol. The van der Waals surface area contributed by atoms with E-state index in [-0.39, 0.29) is 6.54 Å². The number of hydrogen-bond acceptors (Lipinski definition) is 9. The summed E-state index contributed by atoms with van der Waals surface area (Å²) in [5.74, 6) is 0. The van der Waals surface area contributed by atoms with E-state index in [1.807, 2.05) is 6.92 Å². The third kappa shape index (κ3) is 3.64. The van der Waals surface area contributed by atoms with Gasteiger partial charge in [0.25, 0.3) is 0 Å². The van der Waals surface area contributed by atoms with Gasteiger partial charge in [-0.2, -0.15) is 0 Å². The van der Waals surface area contributed by atoms with Gasteiger partial charge < -0.3 is 46.1 Å². The Balaban J connectivity index is 2.19. The number of nitrogens with one attached hydrogen (secondary N) is 1. The van der Waals surface area contributed by atoms with E-state index in [9.17, 15) is 25.5 Å². The minimum Gasteiger partial charge on any atom is -0.388 e. The van der Waals surface area contributed by atoms with E-state index < -0.39 is 55.0 Å². The van der Waals surface area contributed by atoms with E-state index >= 15 is 0 Å². The second-order valence-electron chi connectivity index (χ2n) is 6.23. The van der Waals surface area contributed by atoms with Crippen molar-refractivity contribution in [1.29, 1.82) is 0 Å². The molecule has 1 aliphatic heterocycles. The van der Waals surface area contributed by atoms with Gasteiger partial charge in [0.1, 0.15) is 30.5 Å². The predicted octanol–water partition coefficient (Wildman–Crippen LogP) is -3.20. The van der Waals surface area contributed by atoms with Crippen molar-refractivity contribution in [2.24, 2.45) is 5.73 Å². The number of rotatable bonds is 5. The second kappa shape index (κ2) is 8.17. The number of nitrogens with two attached hydrogens (primary N) is 1. The summed E-state index contributed by atoms with van der Waals surface area (Å²) in [6, 6.07) is -1.52. The first-order valence-electron chi connectivity index (χ1n) is 8.10. The monoisotopic (exact) mass is 348 g/mol. The van der Waals surface area contributed by atoms with Crippen LogP contribution in [0.4, 0.5) is 0 Å². The Morgan fingerprint density at radius 3 is 2.33 bits per heavy atom. The number of hydrogen-bond donors (Lipinski definition) is 7. The molecule has 8 N–H and O–H groups in total. The van der Waals surface area contributed by atoms with Crippen LogP contribution in [-0.4, -0.2) is 94.2 Å². The van der Waals surface area contributed by atoms with Gasteiger partial charge in [0.05, 0.1) is 18.2 Å². The summed E-state index contributed by atoms with van der Waals surface area (Å²) < 4.78 is 10.5. The summed E-state index contributed by atoms with van der Waals surface area (Å²) in [6.45, 7) is 1.88. The molecule has 0 radical (unpaired) electrons. The van der Waals surface area contributed by atoms with Gasteiger partial charge in [-0.1, -0.05) is 13.0 Å². The van der Waals surface area contributed by atoms with Crippen LogP contribution in [0.15, 0.2) is 11.6 Å². The molecule has 0 saturated carbocycles. The van der Waals surface area contributed by atoms with Crippen molar-refractivity contribution in [2.45, 2.75) is 68.3 Å². The fourth-order valence-electron chi connectivity index (χ4n) is 3.28. The molecule has 0 aromatic rings. The molecule has 1 aliphatic carbocycles. The summed E-state index contributed by atoms with van der Waals surface area (Å²) in [5, 5.41) is 53.5. The topological polar surface area (TPSA) is 158 Å². The minimum atomic E-state index is -1.35. The Bertz CT molecular complexity index is 448. The number of methoxy groups -OCH3 is 1. The van der Waals surface area contributed by atoms with Crippen LogP contribution in [0.1, 0.15) is 13.3 Å². The van der Waals surface area contributed by atoms with Crippen LogP contribution in [-0.2, 0) is 9.47 Å². The lowest BCUT2D eigenvalue weighted by Gasteiger charge is -2.45. The normalized spacial score (nSPS) is 46.7. The highest BCUT2D eigenvalue weighted by Crippen LogP contribution is 2.26. The van der Waals surface area contributed by atoms with Gasteiger partial charge in [0.15, 0.2) is 6.29 Å². The lowest BCUT2D eigenvalue weighted by Crippen LogP contribution is -2.68. The molecule has 9 nitrogen and oxygen atoms in total. The number of aliphatic hydroxyl groups excluding tert-OH is 5. The zero-order chi connectivity index (χ0) is 18.0. The summed E-state index contributed by atoms with van der Waals surface area (Å²) in [4.78, 5) is 0. The maximum absolute atomic E-state index is 10.4. The van der Waals surface area contributed by atoms with Gasteiger partial charge in [-0.15, -0.1) is 0 Å². The zero-order valence-electron chi connectivity index (χ0n) is 13.8. The first-order chi connectivity index (χ1) is 11.3. The van der Waals surface area contributed by atoms with E-state index in [0.717, 1.165) is 0 Å². The largest absolute Gasteiger partial charge is 0.388 e. The van der Waals surface area contributed by atoms with Crippen molar-refractivity contribution in [2.75, 3.05) is 13.7 Å². The maximum atomic E-state index is 10.4. The molecule has 9 heteroatoms. The molecule has 1 saturated heterocycles. The van der Waals surface area contributed by atoms with Crippen LogP contribution in [0.5, 0.6) is 0 Å². The highest BCUT2D eigenvalue weighted by atomic mass is 16.7. The molecular weight excluding hydrogens is 320 g/mol. The van der Waals surface area contributed by atoms with Crippen molar-refractivity contribution in [3.05, 3.63) is 11.6 Å². The summed E-state index contributed by atoms with van der Waals surface area (Å²) in [6.07, 6.45) is -5.84. The van der Waals surface area contributed by atoms with Crippen LogP contribution < -0.4 is 11.1 Å². The van der Waals surface area contributed by atoms with Crippen molar-refractivity contribution in [3.8, 4) is 0 Å². The molecule has 1 heterocycles. The molecular formula is C15H28N2O7. The third-order valence-electron chi connectivity index (χ3n) is 4.78. The Morgan fingerprint density at radius 1 is 1.12 bits per heavy atom. The highest BCUT2D eigenvalue weighted by Gasteiger charge is 2.46. The van der Waals surface area contributed by atoms with Crippen LogP contribution in [0.25, 0.3) is 0 Å². The average Bonchev–Trinajstić information content (AvgIpc) is 2.59. The van der Waals surface area contributed by atoms with Gasteiger partial charge in [-0.25, -0.2) is 0 Å². The van der Waals surface area contributed by atoms with Crippen molar-refractivity contribution in [3.63, 3.8) is 0 Å². The second-order valence-corrected chi connectivity index (χ2v) is 6.23. The molecule has 0 aromatic heterocycles. The average molecular weight is 348 g/mol. The molecule has 2 aliphatic rings. The molecule has 2 rings (SSSR count). The molecule has 0 aromatic carbocycles. The Hall–Kier alpha value is -0.620. The van der Waals surface area contributed by atoms with Crippen molar-refractivity contribution in [1.82, 2.24) is 5.32 Å². The Morgan fingerprint density at radius 2 is 1.79 bits per heavy atom. The van der Waals surface area contributed by atoms with Crippen LogP contribution in [0, 0.1) is 0 Å². The molecule has 0 bridgehead atoms. The first-order valence-corrected chi connectivity index (χ1v) is 8.10. The van der Waals surface area contributed by atoms with E-state index in [2.05, 4.69) is 5.32 Å². The van der Waals surface area contributed by atoms with Crippen molar-refractivity contribution < 1.29 is 35.0 Å². The SMILES string of the molecule is CCC1=CC(NC2C(CN)OC(OC)C(O)C2O)C(O)C(O)C1O. The van der Waals surface area contributed by atoms with Crippen molar-refractivity contribution >= 4 is 0 Å². The van der Waals surface area contributed by atoms with E-state index in [4.69, 9.17) is 15.2 Å². The van der Waals surface area contributed by atoms with E-state index in [0.29, 0.717) is 12.0 Å². The molecule has 9 atom stereocenters. The van der Waals surface area contributed by atoms with Gasteiger partial charge in [-0.05, 0) is 12.0 Å². The molecule has 140 valence electrons. The molecule has 1 fully saturated rings. The first kappa shape index (κ1) is 19.7. The molecule has 24 heavy (non-hydrogen) atoms. The van der Waals surface area contributed by atoms with Gasteiger partial charge in [0, 0.05) is 13.7 Å². The Kier molecular flexibility index (Phi) is 6.71.